The molecule has 1 aliphatic rings. The van der Waals surface area contributed by atoms with Crippen molar-refractivity contribution >= 4 is 16.0 Å². The smallest absolute Gasteiger partial charge is 0.307 e. The van der Waals surface area contributed by atoms with Crippen LogP contribution in [-0.4, -0.2) is 44.0 Å². The molecule has 0 spiro atoms. The van der Waals surface area contributed by atoms with Gasteiger partial charge in [0.05, 0.1) is 17.9 Å². The molecule has 1 aliphatic heterocycles. The first-order valence-corrected chi connectivity index (χ1v) is 7.26. The standard InChI is InChI=1S/C12H15NO5S/c1-18-10-2-4-11(5-3-10)19(16,17)13-7-6-9(8-13)12(14)15/h2-5,9H,6-8H2,1H3,(H,14,15). The fourth-order valence-electron chi connectivity index (χ4n) is 2.04. The average Bonchev–Trinajstić information content (AvgIpc) is 2.89. The minimum Gasteiger partial charge on any atom is -0.497 e. The Kier molecular flexibility index (Phi) is 3.77. The SMILES string of the molecule is COc1ccc(S(=O)(=O)N2CCC(C(=O)O)C2)cc1. The van der Waals surface area contributed by atoms with Gasteiger partial charge in [0.15, 0.2) is 0 Å². The van der Waals surface area contributed by atoms with Gasteiger partial charge < -0.3 is 9.84 Å². The maximum absolute atomic E-state index is 12.3. The highest BCUT2D eigenvalue weighted by atomic mass is 32.2. The van der Waals surface area contributed by atoms with E-state index in [-0.39, 0.29) is 18.0 Å². The van der Waals surface area contributed by atoms with Crippen LogP contribution in [0, 0.1) is 5.92 Å². The summed E-state index contributed by atoms with van der Waals surface area (Å²) in [5, 5.41) is 8.90. The molecule has 1 unspecified atom stereocenters. The number of hydrogen-bond donors (Lipinski definition) is 1. The third-order valence-corrected chi connectivity index (χ3v) is 5.08. The summed E-state index contributed by atoms with van der Waals surface area (Å²) in [7, 11) is -2.11. The van der Waals surface area contributed by atoms with Crippen LogP contribution >= 0.6 is 0 Å². The van der Waals surface area contributed by atoms with E-state index in [1.807, 2.05) is 0 Å². The van der Waals surface area contributed by atoms with Crippen LogP contribution in [0.4, 0.5) is 0 Å². The highest BCUT2D eigenvalue weighted by Gasteiger charge is 2.35. The number of carboxylic acid groups (broad SMARTS) is 1. The molecule has 0 radical (unpaired) electrons. The fourth-order valence-corrected chi connectivity index (χ4v) is 3.54. The van der Waals surface area contributed by atoms with Crippen molar-refractivity contribution in [3.05, 3.63) is 24.3 Å². The Morgan fingerprint density at radius 2 is 2.00 bits per heavy atom. The van der Waals surface area contributed by atoms with Gasteiger partial charge in [-0.15, -0.1) is 0 Å². The minimum atomic E-state index is -3.62. The van der Waals surface area contributed by atoms with Crippen molar-refractivity contribution in [1.29, 1.82) is 0 Å². The minimum absolute atomic E-state index is 0.0314. The number of carbonyl (C=O) groups is 1. The molecule has 0 amide bonds. The molecule has 1 heterocycles. The quantitative estimate of drug-likeness (QED) is 0.884. The molecule has 7 heteroatoms. The molecule has 1 aromatic rings. The molecule has 1 aromatic carbocycles. The van der Waals surface area contributed by atoms with E-state index in [0.29, 0.717) is 12.2 Å². The van der Waals surface area contributed by atoms with Gasteiger partial charge in [-0.25, -0.2) is 8.42 Å². The highest BCUT2D eigenvalue weighted by Crippen LogP contribution is 2.25. The lowest BCUT2D eigenvalue weighted by atomic mass is 10.1. The van der Waals surface area contributed by atoms with Crippen molar-refractivity contribution < 1.29 is 23.1 Å². The van der Waals surface area contributed by atoms with E-state index in [2.05, 4.69) is 0 Å². The summed E-state index contributed by atoms with van der Waals surface area (Å²) in [6, 6.07) is 6.06. The Bertz CT molecular complexity index is 566. The third kappa shape index (κ3) is 2.71. The molecule has 0 saturated carbocycles. The molecule has 104 valence electrons. The zero-order chi connectivity index (χ0) is 14.0. The zero-order valence-electron chi connectivity index (χ0n) is 10.4. The number of hydrogen-bond acceptors (Lipinski definition) is 4. The molecule has 0 bridgehead atoms. The number of rotatable bonds is 4. The van der Waals surface area contributed by atoms with Crippen LogP contribution in [0.5, 0.6) is 5.75 Å². The second-order valence-corrected chi connectivity index (χ2v) is 6.30. The summed E-state index contributed by atoms with van der Waals surface area (Å²) in [6.07, 6.45) is 0.352. The molecule has 1 atom stereocenters. The maximum atomic E-state index is 12.3. The maximum Gasteiger partial charge on any atom is 0.307 e. The molecule has 6 nitrogen and oxygen atoms in total. The summed E-state index contributed by atoms with van der Waals surface area (Å²) in [4.78, 5) is 11.0. The molecule has 1 N–H and O–H groups in total. The highest BCUT2D eigenvalue weighted by molar-refractivity contribution is 7.89. The lowest BCUT2D eigenvalue weighted by molar-refractivity contribution is -0.141. The van der Waals surface area contributed by atoms with Crippen LogP contribution in [-0.2, 0) is 14.8 Å². The van der Waals surface area contributed by atoms with Crippen LogP contribution in [0.15, 0.2) is 29.2 Å². The van der Waals surface area contributed by atoms with E-state index in [1.165, 1.54) is 23.5 Å². The molecule has 1 saturated heterocycles. The van der Waals surface area contributed by atoms with Crippen molar-refractivity contribution in [2.75, 3.05) is 20.2 Å². The van der Waals surface area contributed by atoms with E-state index in [9.17, 15) is 13.2 Å². The number of sulfonamides is 1. The lowest BCUT2D eigenvalue weighted by Gasteiger charge is -2.16. The first-order valence-electron chi connectivity index (χ1n) is 5.82. The zero-order valence-corrected chi connectivity index (χ0v) is 11.3. The number of aliphatic carboxylic acids is 1. The number of benzene rings is 1. The Balaban J connectivity index is 2.20. The third-order valence-electron chi connectivity index (χ3n) is 3.20. The number of methoxy groups -OCH3 is 1. The summed E-state index contributed by atoms with van der Waals surface area (Å²) in [5.41, 5.74) is 0. The van der Waals surface area contributed by atoms with E-state index >= 15 is 0 Å². The van der Waals surface area contributed by atoms with E-state index in [1.54, 1.807) is 12.1 Å². The van der Waals surface area contributed by atoms with Crippen molar-refractivity contribution in [2.45, 2.75) is 11.3 Å². The largest absolute Gasteiger partial charge is 0.497 e. The first kappa shape index (κ1) is 13.8. The Hall–Kier alpha value is -1.60. The van der Waals surface area contributed by atoms with Gasteiger partial charge in [0, 0.05) is 13.1 Å². The number of carboxylic acids is 1. The Morgan fingerprint density at radius 3 is 2.47 bits per heavy atom. The van der Waals surface area contributed by atoms with Crippen molar-refractivity contribution in [3.63, 3.8) is 0 Å². The van der Waals surface area contributed by atoms with Gasteiger partial charge >= 0.3 is 5.97 Å². The second-order valence-electron chi connectivity index (χ2n) is 4.36. The van der Waals surface area contributed by atoms with Crippen LogP contribution in [0.25, 0.3) is 0 Å². The average molecular weight is 285 g/mol. The topological polar surface area (TPSA) is 83.9 Å². The summed E-state index contributed by atoms with van der Waals surface area (Å²) < 4.78 is 30.8. The molecule has 0 aliphatic carbocycles. The normalized spacial score (nSPS) is 20.4. The Morgan fingerprint density at radius 1 is 1.37 bits per heavy atom. The van der Waals surface area contributed by atoms with E-state index < -0.39 is 21.9 Å². The van der Waals surface area contributed by atoms with Gasteiger partial charge in [0.2, 0.25) is 10.0 Å². The van der Waals surface area contributed by atoms with Gasteiger partial charge in [-0.2, -0.15) is 4.31 Å². The van der Waals surface area contributed by atoms with Crippen LogP contribution in [0.3, 0.4) is 0 Å². The van der Waals surface area contributed by atoms with Gasteiger partial charge in [-0.05, 0) is 30.7 Å². The summed E-state index contributed by atoms with van der Waals surface area (Å²) in [6.45, 7) is 0.273. The van der Waals surface area contributed by atoms with E-state index in [4.69, 9.17) is 9.84 Å². The molecular weight excluding hydrogens is 270 g/mol. The fraction of sp³-hybridized carbons (Fsp3) is 0.417. The molecule has 1 fully saturated rings. The molecule has 0 aromatic heterocycles. The van der Waals surface area contributed by atoms with Crippen LogP contribution in [0.1, 0.15) is 6.42 Å². The van der Waals surface area contributed by atoms with Crippen molar-refractivity contribution in [1.82, 2.24) is 4.31 Å². The molecular formula is C12H15NO5S. The van der Waals surface area contributed by atoms with Gasteiger partial charge in [0.25, 0.3) is 0 Å². The van der Waals surface area contributed by atoms with E-state index in [0.717, 1.165) is 0 Å². The van der Waals surface area contributed by atoms with Crippen molar-refractivity contribution in [3.8, 4) is 5.75 Å². The number of nitrogens with zero attached hydrogens (tertiary/aromatic N) is 1. The summed E-state index contributed by atoms with van der Waals surface area (Å²) >= 11 is 0. The van der Waals surface area contributed by atoms with Gasteiger partial charge in [0.1, 0.15) is 5.75 Å². The van der Waals surface area contributed by atoms with Crippen LogP contribution in [0.2, 0.25) is 0 Å². The summed E-state index contributed by atoms with van der Waals surface area (Å²) in [5.74, 6) is -0.996. The first-order chi connectivity index (χ1) is 8.95. The van der Waals surface area contributed by atoms with Gasteiger partial charge in [-0.1, -0.05) is 0 Å². The van der Waals surface area contributed by atoms with Gasteiger partial charge in [-0.3, -0.25) is 4.79 Å². The second kappa shape index (κ2) is 5.18. The predicted octanol–water partition coefficient (Wildman–Crippen LogP) is 0.790. The van der Waals surface area contributed by atoms with Crippen LogP contribution < -0.4 is 4.74 Å². The monoisotopic (exact) mass is 285 g/mol. The number of ether oxygens (including phenoxy) is 1. The van der Waals surface area contributed by atoms with Crippen molar-refractivity contribution in [2.24, 2.45) is 5.92 Å². The predicted molar refractivity (Wildman–Crippen MR) is 67.5 cm³/mol. The lowest BCUT2D eigenvalue weighted by Crippen LogP contribution is -2.30. The molecule has 2 rings (SSSR count). The molecule has 19 heavy (non-hydrogen) atoms. The Labute approximate surface area is 111 Å².